The van der Waals surface area contributed by atoms with Crippen molar-refractivity contribution in [2.75, 3.05) is 13.6 Å². The third-order valence-electron chi connectivity index (χ3n) is 6.88. The number of hydrogen-bond donors (Lipinski definition) is 4. The Morgan fingerprint density at radius 2 is 2.03 bits per heavy atom. The zero-order chi connectivity index (χ0) is 23.7. The number of nitrogens with one attached hydrogen (secondary N) is 4. The number of carbonyl (C=O) groups is 3. The molecular weight excluding hydrogens is 422 g/mol. The maximum atomic E-state index is 13.5. The minimum atomic E-state index is -0.793. The van der Waals surface area contributed by atoms with Crippen molar-refractivity contribution >= 4 is 28.8 Å². The molecule has 3 amide bonds. The summed E-state index contributed by atoms with van der Waals surface area (Å²) in [4.78, 5) is 40.7. The summed E-state index contributed by atoms with van der Waals surface area (Å²) in [6.07, 6.45) is 2.64. The molecule has 10 heteroatoms. The van der Waals surface area contributed by atoms with Gasteiger partial charge in [-0.05, 0) is 69.8 Å². The largest absolute Gasteiger partial charge is 0.347 e. The Morgan fingerprint density at radius 3 is 2.76 bits per heavy atom. The quantitative estimate of drug-likeness (QED) is 0.457. The van der Waals surface area contributed by atoms with Crippen LogP contribution in [0.15, 0.2) is 30.4 Å². The molecule has 0 bridgehead atoms. The second-order valence-electron chi connectivity index (χ2n) is 9.07. The SMILES string of the molecule is C=C(C)[C@H](NC(=O)[C@H](C)NC)C(=O)N1CC[C@H]2CC[C@H](NC(=O)c3ccc4[nH]nnc4c3)[C@H]21. The number of rotatable bonds is 7. The van der Waals surface area contributed by atoms with E-state index in [1.165, 1.54) is 0 Å². The highest BCUT2D eigenvalue weighted by atomic mass is 16.2. The van der Waals surface area contributed by atoms with Crippen LogP contribution in [-0.2, 0) is 9.59 Å². The van der Waals surface area contributed by atoms with E-state index < -0.39 is 12.1 Å². The van der Waals surface area contributed by atoms with E-state index in [0.717, 1.165) is 24.8 Å². The van der Waals surface area contributed by atoms with Crippen LogP contribution < -0.4 is 16.0 Å². The number of aromatic amines is 1. The first-order chi connectivity index (χ1) is 15.8. The van der Waals surface area contributed by atoms with Crippen LogP contribution in [0.5, 0.6) is 0 Å². The minimum Gasteiger partial charge on any atom is -0.347 e. The summed E-state index contributed by atoms with van der Waals surface area (Å²) >= 11 is 0. The van der Waals surface area contributed by atoms with Crippen LogP contribution in [-0.4, -0.2) is 75.8 Å². The van der Waals surface area contributed by atoms with Crippen LogP contribution in [0.1, 0.15) is 43.5 Å². The van der Waals surface area contributed by atoms with Crippen LogP contribution >= 0.6 is 0 Å². The van der Waals surface area contributed by atoms with Crippen molar-refractivity contribution in [3.63, 3.8) is 0 Å². The molecule has 0 unspecified atom stereocenters. The fraction of sp³-hybridized carbons (Fsp3) is 0.522. The number of hydrogen-bond acceptors (Lipinski definition) is 6. The van der Waals surface area contributed by atoms with E-state index in [0.29, 0.717) is 29.1 Å². The fourth-order valence-electron chi connectivity index (χ4n) is 4.91. The van der Waals surface area contributed by atoms with Gasteiger partial charge in [-0.1, -0.05) is 11.8 Å². The molecular formula is C23H31N7O3. The highest BCUT2D eigenvalue weighted by molar-refractivity contribution is 5.97. The van der Waals surface area contributed by atoms with Crippen molar-refractivity contribution in [1.82, 2.24) is 36.3 Å². The Morgan fingerprint density at radius 1 is 1.24 bits per heavy atom. The van der Waals surface area contributed by atoms with E-state index in [4.69, 9.17) is 0 Å². The zero-order valence-corrected chi connectivity index (χ0v) is 19.2. The van der Waals surface area contributed by atoms with Gasteiger partial charge in [0.2, 0.25) is 11.8 Å². The van der Waals surface area contributed by atoms with Crippen LogP contribution in [0.2, 0.25) is 0 Å². The van der Waals surface area contributed by atoms with Crippen molar-refractivity contribution in [2.24, 2.45) is 5.92 Å². The average Bonchev–Trinajstić information content (AvgIpc) is 3.52. The molecule has 2 aliphatic rings. The number of amides is 3. The van der Waals surface area contributed by atoms with Gasteiger partial charge in [0.05, 0.1) is 17.6 Å². The highest BCUT2D eigenvalue weighted by Crippen LogP contribution is 2.38. The molecule has 1 aromatic heterocycles. The number of benzene rings is 1. The number of aromatic nitrogens is 3. The van der Waals surface area contributed by atoms with E-state index in [1.807, 2.05) is 4.90 Å². The van der Waals surface area contributed by atoms with Crippen LogP contribution in [0.25, 0.3) is 11.0 Å². The monoisotopic (exact) mass is 453 g/mol. The van der Waals surface area contributed by atoms with E-state index in [2.05, 4.69) is 37.9 Å². The summed E-state index contributed by atoms with van der Waals surface area (Å²) in [5, 5.41) is 19.3. The van der Waals surface area contributed by atoms with Crippen molar-refractivity contribution in [3.8, 4) is 0 Å². The molecule has 2 fully saturated rings. The predicted molar refractivity (Wildman–Crippen MR) is 123 cm³/mol. The lowest BCUT2D eigenvalue weighted by molar-refractivity contribution is -0.136. The predicted octanol–water partition coefficient (Wildman–Crippen LogP) is 0.736. The Bertz CT molecular complexity index is 1080. The number of likely N-dealkylation sites (tertiary alicyclic amines) is 1. The maximum Gasteiger partial charge on any atom is 0.251 e. The van der Waals surface area contributed by atoms with E-state index in [1.54, 1.807) is 39.1 Å². The molecule has 1 aromatic carbocycles. The molecule has 0 spiro atoms. The van der Waals surface area contributed by atoms with Gasteiger partial charge in [0.25, 0.3) is 5.91 Å². The topological polar surface area (TPSA) is 132 Å². The van der Waals surface area contributed by atoms with Gasteiger partial charge in [0, 0.05) is 18.2 Å². The molecule has 2 heterocycles. The number of nitrogens with zero attached hydrogens (tertiary/aromatic N) is 3. The normalized spacial score (nSPS) is 23.7. The van der Waals surface area contributed by atoms with E-state index in [9.17, 15) is 14.4 Å². The zero-order valence-electron chi connectivity index (χ0n) is 19.2. The summed E-state index contributed by atoms with van der Waals surface area (Å²) in [5.74, 6) is -0.293. The van der Waals surface area contributed by atoms with Gasteiger partial charge < -0.3 is 20.9 Å². The average molecular weight is 454 g/mol. The second-order valence-corrected chi connectivity index (χ2v) is 9.07. The molecule has 1 saturated heterocycles. The minimum absolute atomic E-state index is 0.0993. The lowest BCUT2D eigenvalue weighted by Crippen LogP contribution is -2.57. The van der Waals surface area contributed by atoms with E-state index >= 15 is 0 Å². The molecule has 1 aliphatic carbocycles. The summed E-state index contributed by atoms with van der Waals surface area (Å²) in [6.45, 7) is 8.02. The van der Waals surface area contributed by atoms with Gasteiger partial charge >= 0.3 is 0 Å². The van der Waals surface area contributed by atoms with Gasteiger partial charge in [-0.15, -0.1) is 5.10 Å². The molecule has 4 rings (SSSR count). The van der Waals surface area contributed by atoms with Gasteiger partial charge in [-0.25, -0.2) is 0 Å². The number of carbonyl (C=O) groups excluding carboxylic acids is 3. The summed E-state index contributed by atoms with van der Waals surface area (Å²) in [7, 11) is 1.69. The van der Waals surface area contributed by atoms with Crippen LogP contribution in [0, 0.1) is 5.92 Å². The number of fused-ring (bicyclic) bond motifs is 2. The molecule has 1 saturated carbocycles. The first-order valence-electron chi connectivity index (χ1n) is 11.4. The van der Waals surface area contributed by atoms with Gasteiger partial charge in [0.1, 0.15) is 11.6 Å². The number of likely N-dealkylation sites (N-methyl/N-ethyl adjacent to an activating group) is 1. The smallest absolute Gasteiger partial charge is 0.251 e. The van der Waals surface area contributed by atoms with E-state index in [-0.39, 0.29) is 29.8 Å². The Kier molecular flexibility index (Phi) is 6.46. The number of H-pyrrole nitrogens is 1. The molecule has 176 valence electrons. The molecule has 2 aromatic rings. The summed E-state index contributed by atoms with van der Waals surface area (Å²) in [6, 6.07) is 3.74. The Hall–Kier alpha value is -3.27. The standard InChI is InChI=1S/C23H31N7O3/c1-12(2)19(26-21(31)13(3)24-4)23(33)30-10-9-14-5-8-17(20(14)30)25-22(32)15-6-7-16-18(11-15)28-29-27-16/h6-7,11,13-14,17,19-20,24H,1,5,8-10H2,2-4H3,(H,25,32)(H,26,31)(H,27,28,29)/t13-,14+,17-,19-,20-/m0/s1. The maximum absolute atomic E-state index is 13.5. The Balaban J connectivity index is 1.48. The molecule has 10 nitrogen and oxygen atoms in total. The third-order valence-corrected chi connectivity index (χ3v) is 6.88. The van der Waals surface area contributed by atoms with Crippen molar-refractivity contribution in [3.05, 3.63) is 35.9 Å². The van der Waals surface area contributed by atoms with Crippen LogP contribution in [0.4, 0.5) is 0 Å². The molecule has 33 heavy (non-hydrogen) atoms. The summed E-state index contributed by atoms with van der Waals surface area (Å²) < 4.78 is 0. The first-order valence-corrected chi connectivity index (χ1v) is 11.4. The van der Waals surface area contributed by atoms with Crippen molar-refractivity contribution in [2.45, 2.75) is 57.3 Å². The van der Waals surface area contributed by atoms with Crippen LogP contribution in [0.3, 0.4) is 0 Å². The second kappa shape index (κ2) is 9.30. The van der Waals surface area contributed by atoms with Gasteiger partial charge in [-0.3, -0.25) is 19.5 Å². The highest BCUT2D eigenvalue weighted by Gasteiger charge is 2.48. The van der Waals surface area contributed by atoms with Crippen molar-refractivity contribution < 1.29 is 14.4 Å². The lowest BCUT2D eigenvalue weighted by atomic mass is 10.0. The van der Waals surface area contributed by atoms with Gasteiger partial charge in [-0.2, -0.15) is 0 Å². The third kappa shape index (κ3) is 4.47. The fourth-order valence-corrected chi connectivity index (χ4v) is 4.91. The lowest BCUT2D eigenvalue weighted by Gasteiger charge is -2.33. The molecule has 0 radical (unpaired) electrons. The van der Waals surface area contributed by atoms with Crippen molar-refractivity contribution in [1.29, 1.82) is 0 Å². The van der Waals surface area contributed by atoms with Gasteiger partial charge in [0.15, 0.2) is 0 Å². The summed E-state index contributed by atoms with van der Waals surface area (Å²) in [5.41, 5.74) is 2.48. The molecule has 5 atom stereocenters. The Labute approximate surface area is 192 Å². The first kappa shape index (κ1) is 22.9. The molecule has 4 N–H and O–H groups in total. The molecule has 1 aliphatic heterocycles.